The summed E-state index contributed by atoms with van der Waals surface area (Å²) in [4.78, 5) is 24.5. The zero-order valence-electron chi connectivity index (χ0n) is 17.3. The molecule has 2 amide bonds. The maximum Gasteiger partial charge on any atom is 0.407 e. The molecule has 0 bridgehead atoms. The van der Waals surface area contributed by atoms with Gasteiger partial charge in [0.15, 0.2) is 0 Å². The van der Waals surface area contributed by atoms with Gasteiger partial charge in [0, 0.05) is 18.5 Å². The molecule has 3 rings (SSSR count). The molecule has 0 radical (unpaired) electrons. The topological polar surface area (TPSA) is 87.7 Å². The maximum atomic E-state index is 13.5. The van der Waals surface area contributed by atoms with Crippen molar-refractivity contribution in [3.63, 3.8) is 0 Å². The molecule has 0 aliphatic heterocycles. The molecule has 3 N–H and O–H groups in total. The summed E-state index contributed by atoms with van der Waals surface area (Å²) < 4.78 is 19.0. The first-order valence-electron chi connectivity index (χ1n) is 10.3. The fourth-order valence-electron chi connectivity index (χ4n) is 4.00. The monoisotopic (exact) mass is 426 g/mol. The number of carbonyl (C=O) groups is 2. The Balaban J connectivity index is 1.70. The number of alkyl carbamates (subject to hydrolysis) is 1. The minimum absolute atomic E-state index is 0.0980. The Morgan fingerprint density at radius 2 is 1.87 bits per heavy atom. The summed E-state index contributed by atoms with van der Waals surface area (Å²) in [6.07, 6.45) is 3.62. The first-order valence-corrected chi connectivity index (χ1v) is 10.3. The van der Waals surface area contributed by atoms with Crippen LogP contribution in [0, 0.1) is 5.82 Å². The number of phenols is 1. The highest BCUT2D eigenvalue weighted by Gasteiger charge is 2.38. The molecule has 164 valence electrons. The molecule has 1 saturated carbocycles. The van der Waals surface area contributed by atoms with Crippen molar-refractivity contribution in [2.45, 2.75) is 37.2 Å². The van der Waals surface area contributed by atoms with Crippen molar-refractivity contribution in [1.29, 1.82) is 0 Å². The van der Waals surface area contributed by atoms with Gasteiger partial charge in [0.25, 0.3) is 5.91 Å². The van der Waals surface area contributed by atoms with Crippen LogP contribution in [-0.2, 0) is 10.2 Å². The Morgan fingerprint density at radius 1 is 1.16 bits per heavy atom. The Bertz CT molecular complexity index is 924. The van der Waals surface area contributed by atoms with Crippen LogP contribution in [0.5, 0.6) is 5.75 Å². The van der Waals surface area contributed by atoms with Crippen LogP contribution in [0.25, 0.3) is 0 Å². The van der Waals surface area contributed by atoms with Gasteiger partial charge in [-0.15, -0.1) is 6.58 Å². The highest BCUT2D eigenvalue weighted by atomic mass is 19.1. The number of aromatic hydroxyl groups is 1. The molecule has 0 spiro atoms. The first-order chi connectivity index (χ1) is 14.9. The summed E-state index contributed by atoms with van der Waals surface area (Å²) in [5, 5.41) is 15.4. The summed E-state index contributed by atoms with van der Waals surface area (Å²) in [6, 6.07) is 13.1. The molecule has 0 aromatic heterocycles. The van der Waals surface area contributed by atoms with Crippen LogP contribution in [0.2, 0.25) is 0 Å². The predicted octanol–water partition coefficient (Wildman–Crippen LogP) is 4.05. The van der Waals surface area contributed by atoms with E-state index in [1.54, 1.807) is 6.08 Å². The van der Waals surface area contributed by atoms with Crippen LogP contribution in [0.15, 0.2) is 61.2 Å². The lowest BCUT2D eigenvalue weighted by atomic mass is 9.68. The fourth-order valence-corrected chi connectivity index (χ4v) is 4.00. The lowest BCUT2D eigenvalue weighted by Gasteiger charge is -2.40. The van der Waals surface area contributed by atoms with Gasteiger partial charge in [0.2, 0.25) is 0 Å². The van der Waals surface area contributed by atoms with Gasteiger partial charge in [-0.3, -0.25) is 4.79 Å². The van der Waals surface area contributed by atoms with E-state index >= 15 is 0 Å². The zero-order chi connectivity index (χ0) is 22.3. The van der Waals surface area contributed by atoms with Crippen molar-refractivity contribution in [3.8, 4) is 5.75 Å². The van der Waals surface area contributed by atoms with Gasteiger partial charge in [0.05, 0.1) is 5.56 Å². The third-order valence-electron chi connectivity index (χ3n) is 5.73. The number of hydrogen-bond acceptors (Lipinski definition) is 4. The quantitative estimate of drug-likeness (QED) is 0.583. The number of amides is 2. The van der Waals surface area contributed by atoms with Crippen LogP contribution in [0.4, 0.5) is 9.18 Å². The summed E-state index contributed by atoms with van der Waals surface area (Å²) in [5.41, 5.74) is 0.629. The number of ether oxygens (including phenoxy) is 1. The third-order valence-corrected chi connectivity index (χ3v) is 5.73. The number of phenolic OH excluding ortho intramolecular Hbond substituents is 1. The zero-order valence-corrected chi connectivity index (χ0v) is 17.3. The van der Waals surface area contributed by atoms with E-state index in [-0.39, 0.29) is 22.8 Å². The standard InChI is InChI=1S/C24H27FN2O4/c1-2-14-26-23(30)31-19-10-12-24(13-11-19,17-6-4-3-5-7-17)16-27-22(29)20-15-18(25)8-9-21(20)28/h2-9,15,19,28H,1,10-14,16H2,(H,26,30)(H,27,29). The van der Waals surface area contributed by atoms with Gasteiger partial charge in [-0.1, -0.05) is 36.4 Å². The molecule has 0 atom stereocenters. The summed E-state index contributed by atoms with van der Waals surface area (Å²) in [6.45, 7) is 4.22. The van der Waals surface area contributed by atoms with Crippen molar-refractivity contribution >= 4 is 12.0 Å². The maximum absolute atomic E-state index is 13.5. The molecule has 2 aromatic rings. The lowest BCUT2D eigenvalue weighted by molar-refractivity contribution is 0.0570. The van der Waals surface area contributed by atoms with Crippen LogP contribution >= 0.6 is 0 Å². The van der Waals surface area contributed by atoms with E-state index in [9.17, 15) is 19.1 Å². The molecular weight excluding hydrogens is 399 g/mol. The normalized spacial score (nSPS) is 20.5. The number of benzene rings is 2. The second-order valence-electron chi connectivity index (χ2n) is 7.76. The third kappa shape index (κ3) is 5.63. The number of rotatable bonds is 7. The number of hydrogen-bond donors (Lipinski definition) is 3. The highest BCUT2D eigenvalue weighted by molar-refractivity contribution is 5.96. The van der Waals surface area contributed by atoms with Crippen LogP contribution in [0.3, 0.4) is 0 Å². The van der Waals surface area contributed by atoms with E-state index in [2.05, 4.69) is 17.2 Å². The van der Waals surface area contributed by atoms with Crippen molar-refractivity contribution < 1.29 is 23.8 Å². The summed E-state index contributed by atoms with van der Waals surface area (Å²) >= 11 is 0. The molecule has 1 aliphatic rings. The Kier molecular flexibility index (Phi) is 7.28. The molecular formula is C24H27FN2O4. The van der Waals surface area contributed by atoms with Gasteiger partial charge in [-0.05, 0) is 49.4 Å². The minimum Gasteiger partial charge on any atom is -0.507 e. The predicted molar refractivity (Wildman–Crippen MR) is 115 cm³/mol. The van der Waals surface area contributed by atoms with Crippen molar-refractivity contribution in [2.75, 3.05) is 13.1 Å². The molecule has 1 fully saturated rings. The van der Waals surface area contributed by atoms with Crippen molar-refractivity contribution in [2.24, 2.45) is 0 Å². The summed E-state index contributed by atoms with van der Waals surface area (Å²) in [5.74, 6) is -1.39. The van der Waals surface area contributed by atoms with Gasteiger partial charge >= 0.3 is 6.09 Å². The molecule has 31 heavy (non-hydrogen) atoms. The second-order valence-corrected chi connectivity index (χ2v) is 7.76. The average molecular weight is 426 g/mol. The summed E-state index contributed by atoms with van der Waals surface area (Å²) in [7, 11) is 0. The van der Waals surface area contributed by atoms with E-state index in [1.807, 2.05) is 30.3 Å². The molecule has 7 heteroatoms. The van der Waals surface area contributed by atoms with E-state index in [4.69, 9.17) is 4.74 Å². The SMILES string of the molecule is C=CCNC(=O)OC1CCC(CNC(=O)c2cc(F)ccc2O)(c2ccccc2)CC1. The van der Waals surface area contributed by atoms with Crippen molar-refractivity contribution in [3.05, 3.63) is 78.1 Å². The van der Waals surface area contributed by atoms with E-state index < -0.39 is 17.8 Å². The van der Waals surface area contributed by atoms with Crippen molar-refractivity contribution in [1.82, 2.24) is 10.6 Å². The molecule has 2 aromatic carbocycles. The lowest BCUT2D eigenvalue weighted by Crippen LogP contribution is -2.45. The highest BCUT2D eigenvalue weighted by Crippen LogP contribution is 2.40. The fraction of sp³-hybridized carbons (Fsp3) is 0.333. The largest absolute Gasteiger partial charge is 0.507 e. The molecule has 0 saturated heterocycles. The van der Waals surface area contributed by atoms with Gasteiger partial charge in [0.1, 0.15) is 17.7 Å². The second kappa shape index (κ2) is 10.1. The molecule has 6 nitrogen and oxygen atoms in total. The Labute approximate surface area is 181 Å². The van der Waals surface area contributed by atoms with Gasteiger partial charge in [-0.25, -0.2) is 9.18 Å². The number of carbonyl (C=O) groups excluding carboxylic acids is 2. The van der Waals surface area contributed by atoms with E-state index in [1.165, 1.54) is 0 Å². The van der Waals surface area contributed by atoms with Crippen LogP contribution < -0.4 is 10.6 Å². The van der Waals surface area contributed by atoms with E-state index in [0.717, 1.165) is 23.8 Å². The van der Waals surface area contributed by atoms with Crippen LogP contribution in [-0.4, -0.2) is 36.3 Å². The van der Waals surface area contributed by atoms with Crippen LogP contribution in [0.1, 0.15) is 41.6 Å². The molecule has 0 heterocycles. The Hall–Kier alpha value is -3.35. The minimum atomic E-state index is -0.590. The smallest absolute Gasteiger partial charge is 0.407 e. The molecule has 0 unspecified atom stereocenters. The number of nitrogens with one attached hydrogen (secondary N) is 2. The Morgan fingerprint density at radius 3 is 2.55 bits per heavy atom. The average Bonchev–Trinajstić information content (AvgIpc) is 2.79. The molecule has 1 aliphatic carbocycles. The van der Waals surface area contributed by atoms with Gasteiger partial charge in [-0.2, -0.15) is 0 Å². The van der Waals surface area contributed by atoms with Gasteiger partial charge < -0.3 is 20.5 Å². The number of halogens is 1. The van der Waals surface area contributed by atoms with E-state index in [0.29, 0.717) is 38.8 Å². The first kappa shape index (κ1) is 22.3.